The summed E-state index contributed by atoms with van der Waals surface area (Å²) in [6.07, 6.45) is 6.26. The van der Waals surface area contributed by atoms with Crippen LogP contribution in [0.1, 0.15) is 19.3 Å². The maximum Gasteiger partial charge on any atom is 0.264 e. The van der Waals surface area contributed by atoms with Crippen molar-refractivity contribution in [2.75, 3.05) is 13.1 Å². The fraction of sp³-hybridized carbons (Fsp3) is 0.778. The number of hydrogen-bond donors (Lipinski definition) is 0. The summed E-state index contributed by atoms with van der Waals surface area (Å²) in [4.78, 5) is 16.9. The van der Waals surface area contributed by atoms with E-state index in [0.29, 0.717) is 5.92 Å². The van der Waals surface area contributed by atoms with Crippen molar-refractivity contribution in [3.63, 3.8) is 0 Å². The molecule has 1 radical (unpaired) electrons. The first kappa shape index (κ1) is 8.69. The maximum absolute atomic E-state index is 11.3. The molecule has 2 aliphatic heterocycles. The van der Waals surface area contributed by atoms with E-state index in [4.69, 9.17) is 4.84 Å². The molecule has 2 aliphatic rings. The van der Waals surface area contributed by atoms with Crippen molar-refractivity contribution in [2.45, 2.75) is 25.3 Å². The molecular formula is C9H14N2O2+. The Bertz CT molecular complexity index is 222. The van der Waals surface area contributed by atoms with E-state index >= 15 is 0 Å². The van der Waals surface area contributed by atoms with Crippen molar-refractivity contribution in [1.29, 1.82) is 0 Å². The number of hydrogen-bond acceptors (Lipinski definition) is 2. The molecule has 0 N–H and O–H groups in total. The highest BCUT2D eigenvalue weighted by molar-refractivity contribution is 4.84. The number of nitrogens with zero attached hydrogens (tertiary/aromatic N) is 2. The Hall–Kier alpha value is -0.900. The SMILES string of the molecule is O=[N+]1OC=CCC1C1CC[N]CC1. The summed E-state index contributed by atoms with van der Waals surface area (Å²) < 4.78 is 0. The number of piperidine rings is 1. The average Bonchev–Trinajstić information content (AvgIpc) is 2.20. The zero-order valence-electron chi connectivity index (χ0n) is 7.56. The molecule has 0 aromatic carbocycles. The van der Waals surface area contributed by atoms with Crippen LogP contribution in [0, 0.1) is 10.8 Å². The van der Waals surface area contributed by atoms with Crippen LogP contribution in [0.4, 0.5) is 0 Å². The van der Waals surface area contributed by atoms with E-state index in [0.717, 1.165) is 37.3 Å². The maximum atomic E-state index is 11.3. The molecule has 0 aliphatic carbocycles. The van der Waals surface area contributed by atoms with Gasteiger partial charge in [0.2, 0.25) is 4.92 Å². The van der Waals surface area contributed by atoms with Gasteiger partial charge in [-0.15, -0.1) is 0 Å². The van der Waals surface area contributed by atoms with Crippen molar-refractivity contribution in [3.05, 3.63) is 17.2 Å². The summed E-state index contributed by atoms with van der Waals surface area (Å²) in [5.41, 5.74) is 0. The third-order valence-electron chi connectivity index (χ3n) is 2.77. The van der Waals surface area contributed by atoms with Gasteiger partial charge in [0.1, 0.15) is 0 Å². The summed E-state index contributed by atoms with van der Waals surface area (Å²) in [6, 6.07) is 0.0144. The Kier molecular flexibility index (Phi) is 2.59. The van der Waals surface area contributed by atoms with E-state index in [1.807, 2.05) is 6.08 Å². The van der Waals surface area contributed by atoms with Crippen LogP contribution >= 0.6 is 0 Å². The lowest BCUT2D eigenvalue weighted by molar-refractivity contribution is -0.817. The summed E-state index contributed by atoms with van der Waals surface area (Å²) in [5, 5.41) is 4.27. The average molecular weight is 182 g/mol. The molecule has 2 heterocycles. The predicted molar refractivity (Wildman–Crippen MR) is 46.8 cm³/mol. The van der Waals surface area contributed by atoms with Crippen molar-refractivity contribution < 1.29 is 9.76 Å². The highest BCUT2D eigenvalue weighted by atomic mass is 16.8. The van der Waals surface area contributed by atoms with Gasteiger partial charge < -0.3 is 0 Å². The summed E-state index contributed by atoms with van der Waals surface area (Å²) in [5.74, 6) is 0.458. The van der Waals surface area contributed by atoms with Crippen LogP contribution in [0.25, 0.3) is 0 Å². The zero-order valence-corrected chi connectivity index (χ0v) is 7.56. The molecule has 0 saturated carbocycles. The lowest BCUT2D eigenvalue weighted by atomic mass is 9.88. The Morgan fingerprint density at radius 3 is 2.85 bits per heavy atom. The van der Waals surface area contributed by atoms with E-state index in [2.05, 4.69) is 5.32 Å². The van der Waals surface area contributed by atoms with Gasteiger partial charge in [0.25, 0.3) is 6.04 Å². The fourth-order valence-corrected chi connectivity index (χ4v) is 1.98. The van der Waals surface area contributed by atoms with Crippen LogP contribution in [0.2, 0.25) is 0 Å². The Labute approximate surface area is 77.5 Å². The lowest BCUT2D eigenvalue weighted by Crippen LogP contribution is -2.38. The molecule has 13 heavy (non-hydrogen) atoms. The van der Waals surface area contributed by atoms with Crippen LogP contribution in [0.15, 0.2) is 12.3 Å². The Morgan fingerprint density at radius 1 is 1.38 bits per heavy atom. The van der Waals surface area contributed by atoms with Gasteiger partial charge in [-0.1, -0.05) is 0 Å². The molecule has 71 valence electrons. The van der Waals surface area contributed by atoms with E-state index in [-0.39, 0.29) is 6.04 Å². The highest BCUT2D eigenvalue weighted by Crippen LogP contribution is 2.24. The molecule has 1 fully saturated rings. The van der Waals surface area contributed by atoms with Crippen LogP contribution in [0.5, 0.6) is 0 Å². The third-order valence-corrected chi connectivity index (χ3v) is 2.77. The molecule has 0 amide bonds. The molecule has 0 bridgehead atoms. The van der Waals surface area contributed by atoms with Crippen molar-refractivity contribution in [3.8, 4) is 0 Å². The lowest BCUT2D eigenvalue weighted by Gasteiger charge is -2.23. The van der Waals surface area contributed by atoms with Gasteiger partial charge in [0.15, 0.2) is 6.26 Å². The molecule has 1 saturated heterocycles. The van der Waals surface area contributed by atoms with Crippen LogP contribution in [0.3, 0.4) is 0 Å². The highest BCUT2D eigenvalue weighted by Gasteiger charge is 2.38. The summed E-state index contributed by atoms with van der Waals surface area (Å²) in [7, 11) is 0. The minimum absolute atomic E-state index is 0.0144. The third kappa shape index (κ3) is 1.88. The van der Waals surface area contributed by atoms with E-state index in [1.54, 1.807) is 0 Å². The van der Waals surface area contributed by atoms with Gasteiger partial charge in [-0.05, 0) is 18.9 Å². The first-order valence-electron chi connectivity index (χ1n) is 4.79. The van der Waals surface area contributed by atoms with E-state index in [9.17, 15) is 4.91 Å². The second-order valence-electron chi connectivity index (χ2n) is 3.57. The van der Waals surface area contributed by atoms with Crippen LogP contribution in [-0.4, -0.2) is 24.1 Å². The molecule has 1 atom stereocenters. The molecule has 1 unspecified atom stereocenters. The normalized spacial score (nSPS) is 30.2. The topological polar surface area (TPSA) is 43.4 Å². The smallest absolute Gasteiger partial charge is 0.242 e. The van der Waals surface area contributed by atoms with Crippen molar-refractivity contribution >= 4 is 0 Å². The zero-order chi connectivity index (χ0) is 9.10. The molecule has 0 aromatic rings. The molecule has 0 spiro atoms. The monoisotopic (exact) mass is 182 g/mol. The largest absolute Gasteiger partial charge is 0.264 e. The van der Waals surface area contributed by atoms with E-state index in [1.165, 1.54) is 6.26 Å². The van der Waals surface area contributed by atoms with Gasteiger partial charge in [-0.25, -0.2) is 5.32 Å². The quantitative estimate of drug-likeness (QED) is 0.607. The fourth-order valence-electron chi connectivity index (χ4n) is 1.98. The molecule has 2 rings (SSSR count). The molecular weight excluding hydrogens is 168 g/mol. The van der Waals surface area contributed by atoms with Gasteiger partial charge in [0, 0.05) is 25.4 Å². The number of rotatable bonds is 1. The van der Waals surface area contributed by atoms with Crippen molar-refractivity contribution in [1.82, 2.24) is 5.32 Å². The van der Waals surface area contributed by atoms with E-state index < -0.39 is 0 Å². The predicted octanol–water partition coefficient (Wildman–Crippen LogP) is 0.997. The second kappa shape index (κ2) is 3.87. The molecule has 4 heteroatoms. The Morgan fingerprint density at radius 2 is 2.15 bits per heavy atom. The summed E-state index contributed by atoms with van der Waals surface area (Å²) in [6.45, 7) is 1.80. The first-order valence-corrected chi connectivity index (χ1v) is 4.79. The Balaban J connectivity index is 1.97. The summed E-state index contributed by atoms with van der Waals surface area (Å²) >= 11 is 0. The van der Waals surface area contributed by atoms with Gasteiger partial charge in [0.05, 0.1) is 4.91 Å². The van der Waals surface area contributed by atoms with Crippen LogP contribution < -0.4 is 5.32 Å². The first-order chi connectivity index (χ1) is 6.38. The second-order valence-corrected chi connectivity index (χ2v) is 3.57. The van der Waals surface area contributed by atoms with Crippen molar-refractivity contribution in [2.24, 2.45) is 5.92 Å². The van der Waals surface area contributed by atoms with Gasteiger partial charge in [-0.2, -0.15) is 4.84 Å². The molecule has 4 nitrogen and oxygen atoms in total. The minimum atomic E-state index is 0.0144. The molecule has 0 aromatic heterocycles. The van der Waals surface area contributed by atoms with Gasteiger partial charge in [-0.3, -0.25) is 0 Å². The van der Waals surface area contributed by atoms with Crippen LogP contribution in [-0.2, 0) is 4.84 Å². The van der Waals surface area contributed by atoms with Gasteiger partial charge >= 0.3 is 0 Å². The standard InChI is InChI=1S/C9H14N2O2/c12-11-9(2-1-7-13-11)8-3-5-10-6-4-8/h1,7-9H,2-6H2/q+1. The minimum Gasteiger partial charge on any atom is -0.242 e.